The Morgan fingerprint density at radius 3 is 2.65 bits per heavy atom. The van der Waals surface area contributed by atoms with E-state index in [4.69, 9.17) is 9.47 Å². The molecule has 0 radical (unpaired) electrons. The van der Waals surface area contributed by atoms with Crippen LogP contribution in [0.5, 0.6) is 0 Å². The third-order valence-corrected chi connectivity index (χ3v) is 6.31. The van der Waals surface area contributed by atoms with Crippen LogP contribution in [0.4, 0.5) is 0 Å². The lowest BCUT2D eigenvalue weighted by Gasteiger charge is -2.23. The topological polar surface area (TPSA) is 85.8 Å². The highest BCUT2D eigenvalue weighted by atomic mass is 16.5. The number of amides is 1. The molecule has 0 unspecified atom stereocenters. The molecule has 164 valence electrons. The summed E-state index contributed by atoms with van der Waals surface area (Å²) in [6.45, 7) is 4.11. The molecule has 2 fully saturated rings. The normalized spacial score (nSPS) is 19.2. The lowest BCUT2D eigenvalue weighted by atomic mass is 10.0. The maximum absolute atomic E-state index is 12.7. The van der Waals surface area contributed by atoms with Gasteiger partial charge in [0.1, 0.15) is 6.61 Å². The Morgan fingerprint density at radius 2 is 1.90 bits per heavy atom. The Morgan fingerprint density at radius 1 is 1.16 bits per heavy atom. The maximum atomic E-state index is 12.7. The van der Waals surface area contributed by atoms with Crippen LogP contribution in [0.25, 0.3) is 10.9 Å². The molecule has 1 saturated carbocycles. The van der Waals surface area contributed by atoms with Gasteiger partial charge >= 0.3 is 11.9 Å². The number of hydrogen-bond acceptors (Lipinski definition) is 6. The van der Waals surface area contributed by atoms with Crippen molar-refractivity contribution in [3.8, 4) is 0 Å². The number of fused-ring (bicyclic) bond motifs is 1. The van der Waals surface area contributed by atoms with Gasteiger partial charge in [-0.15, -0.1) is 0 Å². The van der Waals surface area contributed by atoms with Gasteiger partial charge in [0.15, 0.2) is 0 Å². The first-order valence-electron chi connectivity index (χ1n) is 11.0. The Kier molecular flexibility index (Phi) is 6.20. The van der Waals surface area contributed by atoms with Crippen molar-refractivity contribution in [2.75, 3.05) is 13.2 Å². The molecule has 1 aromatic carbocycles. The number of carbonyl (C=O) groups excluding carboxylic acids is 3. The maximum Gasteiger partial charge on any atom is 0.340 e. The molecule has 1 aromatic heterocycles. The molecule has 2 aliphatic rings. The van der Waals surface area contributed by atoms with E-state index in [9.17, 15) is 14.4 Å². The lowest BCUT2D eigenvalue weighted by Crippen LogP contribution is -2.35. The fourth-order valence-corrected chi connectivity index (χ4v) is 4.73. The molecule has 1 aliphatic carbocycles. The largest absolute Gasteiger partial charge is 0.462 e. The van der Waals surface area contributed by atoms with E-state index < -0.39 is 17.9 Å². The van der Waals surface area contributed by atoms with Crippen molar-refractivity contribution in [3.05, 3.63) is 41.1 Å². The van der Waals surface area contributed by atoms with Crippen LogP contribution in [0.15, 0.2) is 24.3 Å². The number of pyridine rings is 1. The molecular formula is C24H28N2O5. The molecule has 4 rings (SSSR count). The second-order valence-corrected chi connectivity index (χ2v) is 8.29. The Labute approximate surface area is 181 Å². The Hall–Kier alpha value is -2.96. The number of likely N-dealkylation sites (tertiary alicyclic amines) is 1. The van der Waals surface area contributed by atoms with Crippen LogP contribution in [-0.4, -0.2) is 46.9 Å². The highest BCUT2D eigenvalue weighted by molar-refractivity contribution is 5.98. The highest BCUT2D eigenvalue weighted by Crippen LogP contribution is 2.30. The zero-order valence-corrected chi connectivity index (χ0v) is 18.1. The number of hydrogen-bond donors (Lipinski definition) is 0. The number of ether oxygens (including phenoxy) is 2. The van der Waals surface area contributed by atoms with Crippen molar-refractivity contribution in [1.82, 2.24) is 9.88 Å². The monoisotopic (exact) mass is 424 g/mol. The van der Waals surface area contributed by atoms with E-state index in [1.54, 1.807) is 6.92 Å². The number of esters is 2. The summed E-state index contributed by atoms with van der Waals surface area (Å²) >= 11 is 0. The molecule has 0 N–H and O–H groups in total. The fourth-order valence-electron chi connectivity index (χ4n) is 4.73. The minimum atomic E-state index is -0.479. The van der Waals surface area contributed by atoms with E-state index in [-0.39, 0.29) is 31.6 Å². The number of aryl methyl sites for hydroxylation is 1. The molecule has 0 bridgehead atoms. The van der Waals surface area contributed by atoms with Gasteiger partial charge in [0.05, 0.1) is 29.3 Å². The number of benzene rings is 1. The van der Waals surface area contributed by atoms with Crippen LogP contribution < -0.4 is 0 Å². The van der Waals surface area contributed by atoms with Gasteiger partial charge in [0.2, 0.25) is 5.91 Å². The van der Waals surface area contributed by atoms with Crippen LogP contribution in [0.2, 0.25) is 0 Å². The van der Waals surface area contributed by atoms with Gasteiger partial charge in [-0.2, -0.15) is 0 Å². The quantitative estimate of drug-likeness (QED) is 0.659. The minimum Gasteiger partial charge on any atom is -0.462 e. The average Bonchev–Trinajstić information content (AvgIpc) is 3.42. The van der Waals surface area contributed by atoms with E-state index in [1.165, 1.54) is 0 Å². The average molecular weight is 424 g/mol. The molecule has 1 atom stereocenters. The summed E-state index contributed by atoms with van der Waals surface area (Å²) in [5, 5.41) is 0.856. The number of nitrogens with zero attached hydrogens (tertiary/aromatic N) is 2. The van der Waals surface area contributed by atoms with Crippen molar-refractivity contribution >= 4 is 28.7 Å². The summed E-state index contributed by atoms with van der Waals surface area (Å²) in [7, 11) is 0. The van der Waals surface area contributed by atoms with Gasteiger partial charge in [-0.3, -0.25) is 9.59 Å². The van der Waals surface area contributed by atoms with Crippen molar-refractivity contribution < 1.29 is 23.9 Å². The number of para-hydroxylation sites is 1. The van der Waals surface area contributed by atoms with Crippen LogP contribution >= 0.6 is 0 Å². The number of carbonyl (C=O) groups is 3. The predicted octanol–water partition coefficient (Wildman–Crippen LogP) is 3.55. The first kappa shape index (κ1) is 21.3. The Bertz CT molecular complexity index is 1010. The third kappa shape index (κ3) is 4.27. The van der Waals surface area contributed by atoms with Crippen LogP contribution in [-0.2, 0) is 25.7 Å². The molecule has 0 spiro atoms. The molecular weight excluding hydrogens is 396 g/mol. The van der Waals surface area contributed by atoms with Gasteiger partial charge in [-0.05, 0) is 38.3 Å². The second-order valence-electron chi connectivity index (χ2n) is 8.29. The van der Waals surface area contributed by atoms with Gasteiger partial charge in [-0.1, -0.05) is 31.0 Å². The third-order valence-electron chi connectivity index (χ3n) is 6.31. The minimum absolute atomic E-state index is 0.0285. The molecule has 2 aromatic rings. The van der Waals surface area contributed by atoms with Crippen molar-refractivity contribution in [1.29, 1.82) is 0 Å². The first-order valence-corrected chi connectivity index (χ1v) is 11.0. The standard InChI is InChI=1S/C24H28N2O5/c1-3-30-24(29)22-15(2)18-10-6-7-11-19(18)25-20(22)14-31-23(28)16-12-21(27)26(13-16)17-8-4-5-9-17/h6-7,10-11,16-17H,3-5,8-9,12-14H2,1-2H3/t16-/m0/s1. The van der Waals surface area contributed by atoms with Gasteiger partial charge < -0.3 is 14.4 Å². The van der Waals surface area contributed by atoms with Crippen molar-refractivity contribution in [2.24, 2.45) is 5.92 Å². The van der Waals surface area contributed by atoms with Gasteiger partial charge in [-0.25, -0.2) is 9.78 Å². The molecule has 2 heterocycles. The van der Waals surface area contributed by atoms with Crippen LogP contribution in [0.1, 0.15) is 60.6 Å². The van der Waals surface area contributed by atoms with Crippen molar-refractivity contribution in [2.45, 2.75) is 58.6 Å². The predicted molar refractivity (Wildman–Crippen MR) is 114 cm³/mol. The summed E-state index contributed by atoms with van der Waals surface area (Å²) < 4.78 is 10.8. The number of rotatable bonds is 6. The van der Waals surface area contributed by atoms with E-state index in [1.807, 2.05) is 36.1 Å². The van der Waals surface area contributed by atoms with Crippen LogP contribution in [0.3, 0.4) is 0 Å². The summed E-state index contributed by atoms with van der Waals surface area (Å²) in [6, 6.07) is 7.77. The summed E-state index contributed by atoms with van der Waals surface area (Å²) in [5.74, 6) is -1.34. The van der Waals surface area contributed by atoms with E-state index >= 15 is 0 Å². The highest BCUT2D eigenvalue weighted by Gasteiger charge is 2.39. The molecule has 1 aliphatic heterocycles. The van der Waals surface area contributed by atoms with Crippen LogP contribution in [0, 0.1) is 12.8 Å². The van der Waals surface area contributed by atoms with Gasteiger partial charge in [0.25, 0.3) is 0 Å². The second kappa shape index (κ2) is 9.04. The summed E-state index contributed by atoms with van der Waals surface area (Å²) in [4.78, 5) is 44.2. The zero-order valence-electron chi connectivity index (χ0n) is 18.1. The van der Waals surface area contributed by atoms with Gasteiger partial charge in [0, 0.05) is 24.4 Å². The zero-order chi connectivity index (χ0) is 22.0. The van der Waals surface area contributed by atoms with E-state index in [0.717, 1.165) is 42.1 Å². The molecule has 1 saturated heterocycles. The lowest BCUT2D eigenvalue weighted by molar-refractivity contribution is -0.149. The fraction of sp³-hybridized carbons (Fsp3) is 0.500. The smallest absolute Gasteiger partial charge is 0.340 e. The first-order chi connectivity index (χ1) is 15.0. The van der Waals surface area contributed by atoms with Crippen molar-refractivity contribution in [3.63, 3.8) is 0 Å². The summed E-state index contributed by atoms with van der Waals surface area (Å²) in [5.41, 5.74) is 2.18. The molecule has 1 amide bonds. The summed E-state index contributed by atoms with van der Waals surface area (Å²) in [6.07, 6.45) is 4.47. The molecule has 7 heteroatoms. The molecule has 31 heavy (non-hydrogen) atoms. The Balaban J connectivity index is 1.51. The SMILES string of the molecule is CCOC(=O)c1c(COC(=O)[C@H]2CC(=O)N(C3CCCC3)C2)nc2ccccc2c1C. The van der Waals surface area contributed by atoms with E-state index in [0.29, 0.717) is 17.8 Å². The van der Waals surface area contributed by atoms with E-state index in [2.05, 4.69) is 4.98 Å². The molecule has 7 nitrogen and oxygen atoms in total. The number of aromatic nitrogens is 1.